The second-order valence-corrected chi connectivity index (χ2v) is 4.43. The third kappa shape index (κ3) is 4.61. The summed E-state index contributed by atoms with van der Waals surface area (Å²) >= 11 is 11.4. The predicted octanol–water partition coefficient (Wildman–Crippen LogP) is 1.64. The number of nitrogens with one attached hydrogen (secondary N) is 1. The number of aliphatic hydroxyl groups excluding tert-OH is 1. The normalized spacial score (nSPS) is 10.3. The van der Waals surface area contributed by atoms with Crippen LogP contribution in [-0.4, -0.2) is 42.3 Å². The molecule has 0 aliphatic carbocycles. The standard InChI is InChI=1S/C11H12Cl2N2O5/c12-8-5-7(6-9(10(8)13)15(18)19)11(17)14-1-3-20-4-2-16/h5-6,16H,1-4H2,(H,14,17). The molecular weight excluding hydrogens is 311 g/mol. The molecule has 0 radical (unpaired) electrons. The number of benzene rings is 1. The molecule has 0 heterocycles. The fourth-order valence-electron chi connectivity index (χ4n) is 1.34. The number of hydrogen-bond acceptors (Lipinski definition) is 5. The molecule has 1 aromatic rings. The van der Waals surface area contributed by atoms with Gasteiger partial charge in [0, 0.05) is 18.2 Å². The van der Waals surface area contributed by atoms with Crippen LogP contribution in [0.5, 0.6) is 0 Å². The molecule has 1 rings (SSSR count). The highest BCUT2D eigenvalue weighted by Gasteiger charge is 2.19. The number of carbonyl (C=O) groups excluding carboxylic acids is 1. The Morgan fingerprint density at radius 3 is 2.70 bits per heavy atom. The van der Waals surface area contributed by atoms with Crippen LogP contribution in [0.3, 0.4) is 0 Å². The molecule has 0 saturated heterocycles. The Hall–Kier alpha value is -1.41. The number of nitrogens with zero attached hydrogens (tertiary/aromatic N) is 1. The van der Waals surface area contributed by atoms with Crippen molar-refractivity contribution in [1.82, 2.24) is 5.32 Å². The number of rotatable bonds is 7. The van der Waals surface area contributed by atoms with E-state index >= 15 is 0 Å². The van der Waals surface area contributed by atoms with E-state index in [1.165, 1.54) is 6.07 Å². The number of ether oxygens (including phenoxy) is 1. The number of nitro benzene ring substituents is 1. The van der Waals surface area contributed by atoms with Gasteiger partial charge in [0.15, 0.2) is 0 Å². The molecule has 0 saturated carbocycles. The largest absolute Gasteiger partial charge is 0.394 e. The maximum atomic E-state index is 11.8. The van der Waals surface area contributed by atoms with E-state index in [1.54, 1.807) is 0 Å². The first-order chi connectivity index (χ1) is 9.47. The lowest BCUT2D eigenvalue weighted by molar-refractivity contribution is -0.384. The molecule has 0 unspecified atom stereocenters. The van der Waals surface area contributed by atoms with Gasteiger partial charge in [0.05, 0.1) is 29.8 Å². The summed E-state index contributed by atoms with van der Waals surface area (Å²) in [4.78, 5) is 21.8. The monoisotopic (exact) mass is 322 g/mol. The Kier molecular flexibility index (Phi) is 6.66. The van der Waals surface area contributed by atoms with Crippen LogP contribution < -0.4 is 5.32 Å². The van der Waals surface area contributed by atoms with Crippen molar-refractivity contribution in [3.8, 4) is 0 Å². The third-order valence-electron chi connectivity index (χ3n) is 2.24. The van der Waals surface area contributed by atoms with Crippen molar-refractivity contribution < 1.29 is 19.6 Å². The molecule has 1 aromatic carbocycles. The van der Waals surface area contributed by atoms with E-state index in [4.69, 9.17) is 33.0 Å². The van der Waals surface area contributed by atoms with Gasteiger partial charge < -0.3 is 15.2 Å². The molecule has 0 aliphatic rings. The second kappa shape index (κ2) is 8.01. The minimum Gasteiger partial charge on any atom is -0.394 e. The van der Waals surface area contributed by atoms with Crippen molar-refractivity contribution in [3.63, 3.8) is 0 Å². The molecule has 9 heteroatoms. The maximum absolute atomic E-state index is 11.8. The second-order valence-electron chi connectivity index (χ2n) is 3.64. The van der Waals surface area contributed by atoms with Crippen LogP contribution in [0.1, 0.15) is 10.4 Å². The summed E-state index contributed by atoms with van der Waals surface area (Å²) in [7, 11) is 0. The molecule has 1 amide bonds. The number of amides is 1. The van der Waals surface area contributed by atoms with Gasteiger partial charge in [0.25, 0.3) is 11.6 Å². The summed E-state index contributed by atoms with van der Waals surface area (Å²) in [5.41, 5.74) is -0.394. The predicted molar refractivity (Wildman–Crippen MR) is 73.4 cm³/mol. The molecular formula is C11H12Cl2N2O5. The van der Waals surface area contributed by atoms with Crippen molar-refractivity contribution in [2.24, 2.45) is 0 Å². The molecule has 7 nitrogen and oxygen atoms in total. The number of halogens is 2. The highest BCUT2D eigenvalue weighted by molar-refractivity contribution is 6.43. The van der Waals surface area contributed by atoms with E-state index in [-0.39, 0.29) is 42.0 Å². The summed E-state index contributed by atoms with van der Waals surface area (Å²) in [5, 5.41) is 21.5. The highest BCUT2D eigenvalue weighted by atomic mass is 35.5. The van der Waals surface area contributed by atoms with Crippen molar-refractivity contribution in [1.29, 1.82) is 0 Å². The van der Waals surface area contributed by atoms with Gasteiger partial charge in [-0.2, -0.15) is 0 Å². The fraction of sp³-hybridized carbons (Fsp3) is 0.364. The van der Waals surface area contributed by atoms with Gasteiger partial charge in [-0.1, -0.05) is 23.2 Å². The summed E-state index contributed by atoms with van der Waals surface area (Å²) < 4.78 is 4.95. The van der Waals surface area contributed by atoms with E-state index in [1.807, 2.05) is 0 Å². The van der Waals surface area contributed by atoms with Gasteiger partial charge >= 0.3 is 0 Å². The first kappa shape index (κ1) is 16.6. The zero-order chi connectivity index (χ0) is 15.1. The van der Waals surface area contributed by atoms with Crippen molar-refractivity contribution >= 4 is 34.8 Å². The Morgan fingerprint density at radius 1 is 1.40 bits per heavy atom. The molecule has 110 valence electrons. The maximum Gasteiger partial charge on any atom is 0.290 e. The number of nitro groups is 1. The van der Waals surface area contributed by atoms with Crippen molar-refractivity contribution in [2.75, 3.05) is 26.4 Å². The van der Waals surface area contributed by atoms with Gasteiger partial charge in [0.1, 0.15) is 5.02 Å². The van der Waals surface area contributed by atoms with E-state index < -0.39 is 16.5 Å². The molecule has 2 N–H and O–H groups in total. The molecule has 0 spiro atoms. The smallest absolute Gasteiger partial charge is 0.290 e. The van der Waals surface area contributed by atoms with Gasteiger partial charge in [0.2, 0.25) is 0 Å². The van der Waals surface area contributed by atoms with E-state index in [2.05, 4.69) is 5.32 Å². The molecule has 0 aliphatic heterocycles. The average molecular weight is 323 g/mol. The van der Waals surface area contributed by atoms with Crippen LogP contribution in [0.2, 0.25) is 10.0 Å². The van der Waals surface area contributed by atoms with Gasteiger partial charge in [-0.25, -0.2) is 0 Å². The topological polar surface area (TPSA) is 102 Å². The number of hydrogen-bond donors (Lipinski definition) is 2. The minimum atomic E-state index is -0.713. The summed E-state index contributed by atoms with van der Waals surface area (Å²) in [5.74, 6) is -0.528. The van der Waals surface area contributed by atoms with Crippen LogP contribution in [0, 0.1) is 10.1 Å². The highest BCUT2D eigenvalue weighted by Crippen LogP contribution is 2.32. The Labute approximate surface area is 124 Å². The third-order valence-corrected chi connectivity index (χ3v) is 3.03. The van der Waals surface area contributed by atoms with E-state index in [9.17, 15) is 14.9 Å². The zero-order valence-electron chi connectivity index (χ0n) is 10.3. The Bertz CT molecular complexity index is 510. The van der Waals surface area contributed by atoms with Crippen LogP contribution >= 0.6 is 23.2 Å². The van der Waals surface area contributed by atoms with Crippen LogP contribution in [-0.2, 0) is 4.74 Å². The lowest BCUT2D eigenvalue weighted by Crippen LogP contribution is -2.27. The van der Waals surface area contributed by atoms with Crippen LogP contribution in [0.15, 0.2) is 12.1 Å². The average Bonchev–Trinajstić information content (AvgIpc) is 2.40. The molecule has 0 aromatic heterocycles. The summed E-state index contributed by atoms with van der Waals surface area (Å²) in [6.45, 7) is 0.490. The van der Waals surface area contributed by atoms with E-state index in [0.29, 0.717) is 0 Å². The van der Waals surface area contributed by atoms with Crippen molar-refractivity contribution in [2.45, 2.75) is 0 Å². The first-order valence-corrected chi connectivity index (χ1v) is 6.33. The van der Waals surface area contributed by atoms with E-state index in [0.717, 1.165) is 6.07 Å². The number of carbonyl (C=O) groups is 1. The lowest BCUT2D eigenvalue weighted by atomic mass is 10.2. The minimum absolute atomic E-state index is 0.0354. The van der Waals surface area contributed by atoms with Gasteiger partial charge in [-0.15, -0.1) is 0 Å². The summed E-state index contributed by atoms with van der Waals surface area (Å²) in [6.07, 6.45) is 0. The molecule has 0 fully saturated rings. The van der Waals surface area contributed by atoms with Crippen LogP contribution in [0.4, 0.5) is 5.69 Å². The molecule has 0 bridgehead atoms. The quantitative estimate of drug-likeness (QED) is 0.451. The van der Waals surface area contributed by atoms with Crippen molar-refractivity contribution in [3.05, 3.63) is 37.9 Å². The van der Waals surface area contributed by atoms with Gasteiger partial charge in [-0.3, -0.25) is 14.9 Å². The SMILES string of the molecule is O=C(NCCOCCO)c1cc(Cl)c(Cl)c([N+](=O)[O-])c1. The molecule has 20 heavy (non-hydrogen) atoms. The summed E-state index contributed by atoms with van der Waals surface area (Å²) in [6, 6.07) is 2.30. The van der Waals surface area contributed by atoms with Gasteiger partial charge in [-0.05, 0) is 6.07 Å². The number of aliphatic hydroxyl groups is 1. The van der Waals surface area contributed by atoms with Crippen LogP contribution in [0.25, 0.3) is 0 Å². The lowest BCUT2D eigenvalue weighted by Gasteiger charge is -2.07. The Balaban J connectivity index is 2.71. The fourth-order valence-corrected chi connectivity index (χ4v) is 1.74. The zero-order valence-corrected chi connectivity index (χ0v) is 11.8. The Morgan fingerprint density at radius 2 is 2.10 bits per heavy atom. The molecule has 0 atom stereocenters. The first-order valence-electron chi connectivity index (χ1n) is 5.57.